The average molecular weight is 277 g/mol. The van der Waals surface area contributed by atoms with Crippen molar-refractivity contribution in [2.75, 3.05) is 19.6 Å². The minimum absolute atomic E-state index is 0.119. The van der Waals surface area contributed by atoms with E-state index >= 15 is 0 Å². The standard InChI is InChI=1S/C15H23N3O2/c1-11(18-9-12(2)20-13(3)10-18)8-17-15(19)14-6-4-5-7-16-14/h4-7,11-13H,8-10H2,1-3H3,(H,17,19)/t11-,12+,13+/m0/s1. The van der Waals surface area contributed by atoms with Crippen LogP contribution in [-0.4, -0.2) is 53.7 Å². The molecule has 2 heterocycles. The molecule has 1 amide bonds. The maximum Gasteiger partial charge on any atom is 0.269 e. The molecule has 1 aliphatic heterocycles. The van der Waals surface area contributed by atoms with Crippen LogP contribution in [0, 0.1) is 0 Å². The lowest BCUT2D eigenvalue weighted by Crippen LogP contribution is -2.52. The predicted molar refractivity (Wildman–Crippen MR) is 77.6 cm³/mol. The number of amides is 1. The van der Waals surface area contributed by atoms with E-state index in [4.69, 9.17) is 4.74 Å². The molecular weight excluding hydrogens is 254 g/mol. The second-order valence-electron chi connectivity index (χ2n) is 5.49. The van der Waals surface area contributed by atoms with Gasteiger partial charge in [0.25, 0.3) is 5.91 Å². The summed E-state index contributed by atoms with van der Waals surface area (Å²) >= 11 is 0. The van der Waals surface area contributed by atoms with E-state index < -0.39 is 0 Å². The third kappa shape index (κ3) is 4.02. The molecule has 1 fully saturated rings. The number of nitrogens with zero attached hydrogens (tertiary/aromatic N) is 2. The predicted octanol–water partition coefficient (Wildman–Crippen LogP) is 1.31. The molecule has 110 valence electrons. The Bertz CT molecular complexity index is 428. The Kier molecular flexibility index (Phi) is 5.09. The number of rotatable bonds is 4. The smallest absolute Gasteiger partial charge is 0.269 e. The highest BCUT2D eigenvalue weighted by Crippen LogP contribution is 2.13. The lowest BCUT2D eigenvalue weighted by atomic mass is 10.1. The lowest BCUT2D eigenvalue weighted by molar-refractivity contribution is -0.0778. The Morgan fingerprint density at radius 3 is 2.75 bits per heavy atom. The first-order valence-corrected chi connectivity index (χ1v) is 7.15. The molecule has 1 aromatic rings. The molecule has 5 heteroatoms. The summed E-state index contributed by atoms with van der Waals surface area (Å²) in [5.74, 6) is -0.119. The molecule has 1 saturated heterocycles. The summed E-state index contributed by atoms with van der Waals surface area (Å²) in [6.07, 6.45) is 2.12. The van der Waals surface area contributed by atoms with E-state index in [1.54, 1.807) is 18.3 Å². The van der Waals surface area contributed by atoms with Gasteiger partial charge in [-0.25, -0.2) is 0 Å². The first-order chi connectivity index (χ1) is 9.56. The molecule has 0 saturated carbocycles. The number of pyridine rings is 1. The first kappa shape index (κ1) is 14.9. The summed E-state index contributed by atoms with van der Waals surface area (Å²) in [5.41, 5.74) is 0.461. The van der Waals surface area contributed by atoms with Gasteiger partial charge in [0.2, 0.25) is 0 Å². The zero-order valence-electron chi connectivity index (χ0n) is 12.4. The van der Waals surface area contributed by atoms with Crippen molar-refractivity contribution in [2.45, 2.75) is 39.0 Å². The summed E-state index contributed by atoms with van der Waals surface area (Å²) in [5, 5.41) is 2.94. The number of carbonyl (C=O) groups excluding carboxylic acids is 1. The number of ether oxygens (including phenoxy) is 1. The number of carbonyl (C=O) groups is 1. The fourth-order valence-electron chi connectivity index (χ4n) is 2.53. The van der Waals surface area contributed by atoms with E-state index in [-0.39, 0.29) is 24.2 Å². The van der Waals surface area contributed by atoms with Gasteiger partial charge in [0.15, 0.2) is 0 Å². The molecule has 0 bridgehead atoms. The molecule has 0 spiro atoms. The zero-order chi connectivity index (χ0) is 14.5. The molecule has 1 N–H and O–H groups in total. The third-order valence-corrected chi connectivity index (χ3v) is 3.53. The van der Waals surface area contributed by atoms with Gasteiger partial charge < -0.3 is 10.1 Å². The highest BCUT2D eigenvalue weighted by atomic mass is 16.5. The van der Waals surface area contributed by atoms with Crippen molar-refractivity contribution in [3.05, 3.63) is 30.1 Å². The van der Waals surface area contributed by atoms with Gasteiger partial charge in [-0.1, -0.05) is 6.07 Å². The Morgan fingerprint density at radius 2 is 2.15 bits per heavy atom. The van der Waals surface area contributed by atoms with Gasteiger partial charge in [-0.05, 0) is 32.9 Å². The Labute approximate surface area is 120 Å². The topological polar surface area (TPSA) is 54.5 Å². The van der Waals surface area contributed by atoms with Crippen LogP contribution in [0.15, 0.2) is 24.4 Å². The number of morpholine rings is 1. The molecule has 0 aromatic carbocycles. The van der Waals surface area contributed by atoms with Crippen LogP contribution in [0.4, 0.5) is 0 Å². The van der Waals surface area contributed by atoms with Crippen molar-refractivity contribution in [3.63, 3.8) is 0 Å². The molecule has 20 heavy (non-hydrogen) atoms. The van der Waals surface area contributed by atoms with Gasteiger partial charge in [-0.15, -0.1) is 0 Å². The number of aromatic nitrogens is 1. The van der Waals surface area contributed by atoms with E-state index in [1.807, 2.05) is 6.07 Å². The van der Waals surface area contributed by atoms with Crippen LogP contribution in [0.5, 0.6) is 0 Å². The molecule has 5 nitrogen and oxygen atoms in total. The van der Waals surface area contributed by atoms with Crippen LogP contribution in [0.25, 0.3) is 0 Å². The maximum absolute atomic E-state index is 11.9. The summed E-state index contributed by atoms with van der Waals surface area (Å²) in [6.45, 7) is 8.73. The first-order valence-electron chi connectivity index (χ1n) is 7.15. The fraction of sp³-hybridized carbons (Fsp3) is 0.600. The molecule has 0 radical (unpaired) electrons. The molecular formula is C15H23N3O2. The SMILES string of the molecule is C[C@@H]1CN([C@@H](C)CNC(=O)c2ccccn2)C[C@@H](C)O1. The second-order valence-corrected chi connectivity index (χ2v) is 5.49. The van der Waals surface area contributed by atoms with Crippen molar-refractivity contribution < 1.29 is 9.53 Å². The molecule has 0 unspecified atom stereocenters. The van der Waals surface area contributed by atoms with Gasteiger partial charge in [0.05, 0.1) is 12.2 Å². The van der Waals surface area contributed by atoms with Gasteiger partial charge in [0, 0.05) is 31.9 Å². The van der Waals surface area contributed by atoms with E-state index in [0.717, 1.165) is 13.1 Å². The summed E-state index contributed by atoms with van der Waals surface area (Å²) in [6, 6.07) is 5.63. The van der Waals surface area contributed by atoms with E-state index in [9.17, 15) is 4.79 Å². The molecule has 1 aliphatic rings. The van der Waals surface area contributed by atoms with Crippen LogP contribution in [0.1, 0.15) is 31.3 Å². The summed E-state index contributed by atoms with van der Waals surface area (Å²) in [7, 11) is 0. The fourth-order valence-corrected chi connectivity index (χ4v) is 2.53. The quantitative estimate of drug-likeness (QED) is 0.901. The number of hydrogen-bond donors (Lipinski definition) is 1. The Balaban J connectivity index is 1.83. The zero-order valence-corrected chi connectivity index (χ0v) is 12.4. The largest absolute Gasteiger partial charge is 0.373 e. The second kappa shape index (κ2) is 6.81. The van der Waals surface area contributed by atoms with E-state index in [0.29, 0.717) is 12.2 Å². The van der Waals surface area contributed by atoms with Crippen LogP contribution < -0.4 is 5.32 Å². The Hall–Kier alpha value is -1.46. The van der Waals surface area contributed by atoms with E-state index in [1.165, 1.54) is 0 Å². The number of nitrogens with one attached hydrogen (secondary N) is 1. The average Bonchev–Trinajstić information content (AvgIpc) is 2.44. The van der Waals surface area contributed by atoms with E-state index in [2.05, 4.69) is 36.0 Å². The monoisotopic (exact) mass is 277 g/mol. The highest BCUT2D eigenvalue weighted by Gasteiger charge is 2.25. The summed E-state index contributed by atoms with van der Waals surface area (Å²) < 4.78 is 5.72. The van der Waals surface area contributed by atoms with Crippen LogP contribution >= 0.6 is 0 Å². The molecule has 1 aromatic heterocycles. The normalized spacial score (nSPS) is 25.1. The minimum atomic E-state index is -0.119. The lowest BCUT2D eigenvalue weighted by Gasteiger charge is -2.38. The van der Waals surface area contributed by atoms with Gasteiger partial charge >= 0.3 is 0 Å². The van der Waals surface area contributed by atoms with Crippen molar-refractivity contribution in [1.82, 2.24) is 15.2 Å². The molecule has 2 rings (SSSR count). The van der Waals surface area contributed by atoms with Crippen LogP contribution in [0.2, 0.25) is 0 Å². The van der Waals surface area contributed by atoms with Crippen molar-refractivity contribution in [2.24, 2.45) is 0 Å². The third-order valence-electron chi connectivity index (χ3n) is 3.53. The van der Waals surface area contributed by atoms with Gasteiger partial charge in [-0.3, -0.25) is 14.7 Å². The number of hydrogen-bond acceptors (Lipinski definition) is 4. The van der Waals surface area contributed by atoms with Gasteiger partial charge in [-0.2, -0.15) is 0 Å². The van der Waals surface area contributed by atoms with Crippen LogP contribution in [-0.2, 0) is 4.74 Å². The molecule has 3 atom stereocenters. The summed E-state index contributed by atoms with van der Waals surface area (Å²) in [4.78, 5) is 18.4. The van der Waals surface area contributed by atoms with Gasteiger partial charge in [0.1, 0.15) is 5.69 Å². The van der Waals surface area contributed by atoms with Crippen molar-refractivity contribution >= 4 is 5.91 Å². The van der Waals surface area contributed by atoms with Crippen molar-refractivity contribution in [1.29, 1.82) is 0 Å². The van der Waals surface area contributed by atoms with Crippen LogP contribution in [0.3, 0.4) is 0 Å². The van der Waals surface area contributed by atoms with Crippen molar-refractivity contribution in [3.8, 4) is 0 Å². The highest BCUT2D eigenvalue weighted by molar-refractivity contribution is 5.92. The Morgan fingerprint density at radius 1 is 1.45 bits per heavy atom. The molecule has 0 aliphatic carbocycles. The minimum Gasteiger partial charge on any atom is -0.373 e. The maximum atomic E-state index is 11.9.